The monoisotopic (exact) mass is 214 g/mol. The molecule has 1 saturated heterocycles. The first-order chi connectivity index (χ1) is 7.24. The fourth-order valence-corrected chi connectivity index (χ4v) is 1.57. The van der Waals surface area contributed by atoms with Crippen molar-refractivity contribution in [3.63, 3.8) is 0 Å². The highest BCUT2D eigenvalue weighted by Crippen LogP contribution is 2.02. The molecule has 0 aromatic heterocycles. The minimum atomic E-state index is 0.225. The molecule has 1 rings (SSSR count). The van der Waals surface area contributed by atoms with Gasteiger partial charge in [-0.25, -0.2) is 0 Å². The van der Waals surface area contributed by atoms with Crippen LogP contribution in [0, 0.1) is 0 Å². The summed E-state index contributed by atoms with van der Waals surface area (Å²) in [7, 11) is 0. The molecular formula is C12H26N2O. The quantitative estimate of drug-likeness (QED) is 0.779. The Balaban J connectivity index is 0.000000265. The first-order valence-corrected chi connectivity index (χ1v) is 6.23. The fourth-order valence-electron chi connectivity index (χ4n) is 1.57. The summed E-state index contributed by atoms with van der Waals surface area (Å²) in [6.45, 7) is 11.0. The molecular weight excluding hydrogens is 188 g/mol. The van der Waals surface area contributed by atoms with Crippen molar-refractivity contribution in [3.05, 3.63) is 0 Å². The molecule has 90 valence electrons. The molecule has 0 aliphatic carbocycles. The van der Waals surface area contributed by atoms with Crippen LogP contribution in [0.3, 0.4) is 0 Å². The van der Waals surface area contributed by atoms with E-state index in [1.807, 2.05) is 0 Å². The highest BCUT2D eigenvalue weighted by atomic mass is 16.1. The van der Waals surface area contributed by atoms with Crippen LogP contribution < -0.4 is 5.32 Å². The van der Waals surface area contributed by atoms with Gasteiger partial charge >= 0.3 is 0 Å². The molecule has 0 radical (unpaired) electrons. The van der Waals surface area contributed by atoms with Crippen LogP contribution in [0.15, 0.2) is 0 Å². The summed E-state index contributed by atoms with van der Waals surface area (Å²) in [6, 6.07) is 0. The van der Waals surface area contributed by atoms with Crippen molar-refractivity contribution in [2.45, 2.75) is 46.5 Å². The predicted octanol–water partition coefficient (Wildman–Crippen LogP) is 2.02. The Bertz CT molecular complexity index is 140. The van der Waals surface area contributed by atoms with Gasteiger partial charge in [-0.15, -0.1) is 0 Å². The number of carbonyl (C=O) groups excluding carboxylic acids is 1. The Morgan fingerprint density at radius 1 is 1.07 bits per heavy atom. The van der Waals surface area contributed by atoms with Gasteiger partial charge in [0.15, 0.2) is 0 Å². The summed E-state index contributed by atoms with van der Waals surface area (Å²) >= 11 is 0. The molecule has 0 atom stereocenters. The standard InChI is InChI=1S/C6H11NO.C6H15N/c8-6-4-2-1-3-5-7-6;1-4-7(5-2)6-3/h1-5H2,(H,7,8);4-6H2,1-3H3. The average molecular weight is 214 g/mol. The fraction of sp³-hybridized carbons (Fsp3) is 0.917. The van der Waals surface area contributed by atoms with Gasteiger partial charge in [-0.2, -0.15) is 0 Å². The molecule has 0 aromatic rings. The number of rotatable bonds is 3. The van der Waals surface area contributed by atoms with Crippen LogP contribution in [-0.2, 0) is 4.79 Å². The number of hydrogen-bond acceptors (Lipinski definition) is 2. The Morgan fingerprint density at radius 3 is 2.13 bits per heavy atom. The number of hydrogen-bond donors (Lipinski definition) is 1. The maximum atomic E-state index is 10.6. The van der Waals surface area contributed by atoms with Crippen molar-refractivity contribution in [2.24, 2.45) is 0 Å². The van der Waals surface area contributed by atoms with E-state index < -0.39 is 0 Å². The predicted molar refractivity (Wildman–Crippen MR) is 64.9 cm³/mol. The molecule has 1 N–H and O–H groups in total. The van der Waals surface area contributed by atoms with Gasteiger partial charge in [-0.05, 0) is 32.5 Å². The van der Waals surface area contributed by atoms with Gasteiger partial charge in [-0.3, -0.25) is 4.79 Å². The summed E-state index contributed by atoms with van der Waals surface area (Å²) in [4.78, 5) is 12.9. The van der Waals surface area contributed by atoms with Gasteiger partial charge in [0.05, 0.1) is 0 Å². The molecule has 1 heterocycles. The van der Waals surface area contributed by atoms with E-state index in [4.69, 9.17) is 0 Å². The molecule has 0 spiro atoms. The second-order valence-corrected chi connectivity index (χ2v) is 3.78. The van der Waals surface area contributed by atoms with Gasteiger partial charge < -0.3 is 10.2 Å². The van der Waals surface area contributed by atoms with E-state index in [1.54, 1.807) is 0 Å². The maximum Gasteiger partial charge on any atom is 0.219 e. The summed E-state index contributed by atoms with van der Waals surface area (Å²) in [5.41, 5.74) is 0. The summed E-state index contributed by atoms with van der Waals surface area (Å²) in [6.07, 6.45) is 4.18. The first kappa shape index (κ1) is 14.4. The van der Waals surface area contributed by atoms with E-state index in [0.717, 1.165) is 25.8 Å². The van der Waals surface area contributed by atoms with Crippen LogP contribution in [0.4, 0.5) is 0 Å². The normalized spacial score (nSPS) is 16.4. The van der Waals surface area contributed by atoms with E-state index in [0.29, 0.717) is 0 Å². The Kier molecular flexibility index (Phi) is 9.59. The van der Waals surface area contributed by atoms with Crippen LogP contribution in [0.5, 0.6) is 0 Å². The lowest BCUT2D eigenvalue weighted by Gasteiger charge is -2.13. The van der Waals surface area contributed by atoms with Crippen molar-refractivity contribution in [3.8, 4) is 0 Å². The van der Waals surface area contributed by atoms with E-state index in [1.165, 1.54) is 26.1 Å². The van der Waals surface area contributed by atoms with Crippen LogP contribution in [0.2, 0.25) is 0 Å². The SMILES string of the molecule is CCN(CC)CC.O=C1CCCCCN1. The molecule has 1 amide bonds. The minimum Gasteiger partial charge on any atom is -0.356 e. The molecule has 15 heavy (non-hydrogen) atoms. The lowest BCUT2D eigenvalue weighted by atomic mass is 10.2. The zero-order valence-corrected chi connectivity index (χ0v) is 10.5. The smallest absolute Gasteiger partial charge is 0.219 e. The summed E-state index contributed by atoms with van der Waals surface area (Å²) in [5, 5.41) is 2.81. The van der Waals surface area contributed by atoms with Crippen molar-refractivity contribution in [1.29, 1.82) is 0 Å². The Labute approximate surface area is 94.2 Å². The van der Waals surface area contributed by atoms with Crippen LogP contribution in [-0.4, -0.2) is 37.0 Å². The topological polar surface area (TPSA) is 32.3 Å². The highest BCUT2D eigenvalue weighted by Gasteiger charge is 2.03. The molecule has 1 fully saturated rings. The van der Waals surface area contributed by atoms with Crippen molar-refractivity contribution in [1.82, 2.24) is 10.2 Å². The van der Waals surface area contributed by atoms with Gasteiger partial charge in [0.2, 0.25) is 5.91 Å². The van der Waals surface area contributed by atoms with E-state index in [-0.39, 0.29) is 5.91 Å². The van der Waals surface area contributed by atoms with E-state index in [9.17, 15) is 4.79 Å². The zero-order chi connectivity index (χ0) is 11.5. The Morgan fingerprint density at radius 2 is 1.67 bits per heavy atom. The molecule has 0 bridgehead atoms. The second kappa shape index (κ2) is 9.97. The third-order valence-corrected chi connectivity index (χ3v) is 2.74. The van der Waals surface area contributed by atoms with Crippen molar-refractivity contribution < 1.29 is 4.79 Å². The van der Waals surface area contributed by atoms with Gasteiger partial charge in [0, 0.05) is 13.0 Å². The molecule has 1 aliphatic heterocycles. The van der Waals surface area contributed by atoms with Crippen molar-refractivity contribution >= 4 is 5.91 Å². The largest absolute Gasteiger partial charge is 0.356 e. The Hall–Kier alpha value is -0.570. The number of nitrogens with zero attached hydrogens (tertiary/aromatic N) is 1. The number of carbonyl (C=O) groups is 1. The van der Waals surface area contributed by atoms with Crippen LogP contribution in [0.1, 0.15) is 46.5 Å². The molecule has 3 nitrogen and oxygen atoms in total. The average Bonchev–Trinajstić information content (AvgIpc) is 2.49. The first-order valence-electron chi connectivity index (χ1n) is 6.23. The summed E-state index contributed by atoms with van der Waals surface area (Å²) < 4.78 is 0. The third kappa shape index (κ3) is 8.43. The van der Waals surface area contributed by atoms with Gasteiger partial charge in [0.1, 0.15) is 0 Å². The lowest BCUT2D eigenvalue weighted by Crippen LogP contribution is -2.21. The second-order valence-electron chi connectivity index (χ2n) is 3.78. The molecule has 0 unspecified atom stereocenters. The maximum absolute atomic E-state index is 10.6. The van der Waals surface area contributed by atoms with Gasteiger partial charge in [0.25, 0.3) is 0 Å². The minimum absolute atomic E-state index is 0.225. The number of amides is 1. The number of nitrogens with one attached hydrogen (secondary N) is 1. The van der Waals surface area contributed by atoms with E-state index >= 15 is 0 Å². The van der Waals surface area contributed by atoms with Crippen molar-refractivity contribution in [2.75, 3.05) is 26.2 Å². The van der Waals surface area contributed by atoms with E-state index in [2.05, 4.69) is 31.0 Å². The highest BCUT2D eigenvalue weighted by molar-refractivity contribution is 5.75. The molecule has 3 heteroatoms. The van der Waals surface area contributed by atoms with Gasteiger partial charge in [-0.1, -0.05) is 27.2 Å². The molecule has 1 aliphatic rings. The molecule has 0 aromatic carbocycles. The zero-order valence-electron chi connectivity index (χ0n) is 10.5. The summed E-state index contributed by atoms with van der Waals surface area (Å²) in [5.74, 6) is 0.225. The molecule has 0 saturated carbocycles. The van der Waals surface area contributed by atoms with Crippen LogP contribution >= 0.6 is 0 Å². The lowest BCUT2D eigenvalue weighted by molar-refractivity contribution is -0.120. The van der Waals surface area contributed by atoms with Crippen LogP contribution in [0.25, 0.3) is 0 Å². The third-order valence-electron chi connectivity index (χ3n) is 2.74.